The molecule has 0 saturated carbocycles. The summed E-state index contributed by atoms with van der Waals surface area (Å²) in [6.07, 6.45) is 0. The number of hydrogen-bond acceptors (Lipinski definition) is 3. The van der Waals surface area contributed by atoms with E-state index in [1.54, 1.807) is 0 Å². The van der Waals surface area contributed by atoms with Gasteiger partial charge < -0.3 is 10.2 Å². The van der Waals surface area contributed by atoms with E-state index in [1.807, 2.05) is 18.2 Å². The van der Waals surface area contributed by atoms with Crippen LogP contribution >= 0.6 is 23.2 Å². The number of rotatable bonds is 5. The first kappa shape index (κ1) is 15.1. The normalized spacial score (nSPS) is 17.8. The molecule has 1 aromatic rings. The summed E-state index contributed by atoms with van der Waals surface area (Å²) in [5.41, 5.74) is 1.17. The third kappa shape index (κ3) is 4.93. The van der Waals surface area contributed by atoms with Gasteiger partial charge in [-0.2, -0.15) is 0 Å². The van der Waals surface area contributed by atoms with Gasteiger partial charge in [0.2, 0.25) is 0 Å². The Hall–Kier alpha value is -0.320. The van der Waals surface area contributed by atoms with E-state index >= 15 is 0 Å². The largest absolute Gasteiger partial charge is 0.311 e. The molecule has 1 fully saturated rings. The van der Waals surface area contributed by atoms with Crippen molar-refractivity contribution in [3.8, 4) is 0 Å². The minimum absolute atomic E-state index is 0.614. The second kappa shape index (κ2) is 7.46. The van der Waals surface area contributed by atoms with E-state index in [0.29, 0.717) is 10.0 Å². The fourth-order valence-electron chi connectivity index (χ4n) is 2.19. The Kier molecular flexibility index (Phi) is 5.92. The number of likely N-dealkylation sites (N-methyl/N-ethyl adjacent to an activating group) is 1. The predicted molar refractivity (Wildman–Crippen MR) is 82.1 cm³/mol. The molecule has 19 heavy (non-hydrogen) atoms. The first-order chi connectivity index (χ1) is 9.15. The topological polar surface area (TPSA) is 18.5 Å². The van der Waals surface area contributed by atoms with E-state index in [-0.39, 0.29) is 0 Å². The second-order valence-corrected chi connectivity index (χ2v) is 5.88. The first-order valence-electron chi connectivity index (χ1n) is 6.71. The summed E-state index contributed by atoms with van der Waals surface area (Å²) in [4.78, 5) is 4.88. The van der Waals surface area contributed by atoms with Gasteiger partial charge in [-0.05, 0) is 24.7 Å². The molecule has 0 bridgehead atoms. The first-order valence-corrected chi connectivity index (χ1v) is 7.46. The molecule has 3 nitrogen and oxygen atoms in total. The molecule has 1 aliphatic rings. The van der Waals surface area contributed by atoms with Gasteiger partial charge in [0.05, 0.1) is 10.0 Å². The van der Waals surface area contributed by atoms with Gasteiger partial charge in [0.25, 0.3) is 0 Å². The van der Waals surface area contributed by atoms with Crippen molar-refractivity contribution in [2.75, 3.05) is 46.3 Å². The highest BCUT2D eigenvalue weighted by atomic mass is 35.5. The molecule has 1 heterocycles. The van der Waals surface area contributed by atoms with Crippen molar-refractivity contribution in [2.45, 2.75) is 6.54 Å². The lowest BCUT2D eigenvalue weighted by Crippen LogP contribution is -2.46. The third-order valence-corrected chi connectivity index (χ3v) is 4.25. The maximum absolute atomic E-state index is 5.99. The zero-order valence-electron chi connectivity index (χ0n) is 11.3. The molecule has 0 atom stereocenters. The zero-order chi connectivity index (χ0) is 13.7. The van der Waals surface area contributed by atoms with E-state index in [4.69, 9.17) is 23.2 Å². The number of hydrogen-bond donors (Lipinski definition) is 1. The smallest absolute Gasteiger partial charge is 0.0595 e. The molecule has 1 N–H and O–H groups in total. The van der Waals surface area contributed by atoms with Crippen molar-refractivity contribution < 1.29 is 0 Å². The molecule has 0 spiro atoms. The second-order valence-electron chi connectivity index (χ2n) is 5.07. The zero-order valence-corrected chi connectivity index (χ0v) is 12.8. The highest BCUT2D eigenvalue weighted by molar-refractivity contribution is 6.42. The number of nitrogens with one attached hydrogen (secondary N) is 1. The summed E-state index contributed by atoms with van der Waals surface area (Å²) in [5, 5.41) is 4.69. The van der Waals surface area contributed by atoms with Crippen LogP contribution in [0.2, 0.25) is 10.0 Å². The SMILES string of the molecule is CN1CCN(CCNCc2ccc(Cl)c(Cl)c2)CC1. The quantitative estimate of drug-likeness (QED) is 0.842. The van der Waals surface area contributed by atoms with Gasteiger partial charge in [0, 0.05) is 45.8 Å². The maximum Gasteiger partial charge on any atom is 0.0595 e. The molecule has 0 amide bonds. The minimum Gasteiger partial charge on any atom is -0.311 e. The number of benzene rings is 1. The lowest BCUT2D eigenvalue weighted by atomic mass is 10.2. The van der Waals surface area contributed by atoms with Gasteiger partial charge in [0.15, 0.2) is 0 Å². The monoisotopic (exact) mass is 301 g/mol. The number of halogens is 2. The maximum atomic E-state index is 5.99. The van der Waals surface area contributed by atoms with Crippen LogP contribution in [0.4, 0.5) is 0 Å². The van der Waals surface area contributed by atoms with Crippen LogP contribution in [-0.2, 0) is 6.54 Å². The van der Waals surface area contributed by atoms with E-state index in [9.17, 15) is 0 Å². The molecule has 0 aromatic heterocycles. The van der Waals surface area contributed by atoms with Crippen LogP contribution in [0.1, 0.15) is 5.56 Å². The summed E-state index contributed by atoms with van der Waals surface area (Å²) in [7, 11) is 2.18. The molecular formula is C14H21Cl2N3. The standard InChI is InChI=1S/C14H21Cl2N3/c1-18-6-8-19(9-7-18)5-4-17-11-12-2-3-13(15)14(16)10-12/h2-3,10,17H,4-9,11H2,1H3. The molecule has 1 aliphatic heterocycles. The van der Waals surface area contributed by atoms with Crippen LogP contribution in [0.3, 0.4) is 0 Å². The summed E-state index contributed by atoms with van der Waals surface area (Å²) < 4.78 is 0. The summed E-state index contributed by atoms with van der Waals surface area (Å²) in [5.74, 6) is 0. The fraction of sp³-hybridized carbons (Fsp3) is 0.571. The van der Waals surface area contributed by atoms with Crippen molar-refractivity contribution in [3.05, 3.63) is 33.8 Å². The molecule has 106 valence electrons. The Bertz CT molecular complexity index is 404. The number of piperazine rings is 1. The molecule has 2 rings (SSSR count). The molecule has 1 saturated heterocycles. The highest BCUT2D eigenvalue weighted by Gasteiger charge is 2.12. The van der Waals surface area contributed by atoms with Gasteiger partial charge in [0.1, 0.15) is 0 Å². The van der Waals surface area contributed by atoms with E-state index < -0.39 is 0 Å². The fourth-order valence-corrected chi connectivity index (χ4v) is 2.51. The van der Waals surface area contributed by atoms with Crippen LogP contribution in [0.5, 0.6) is 0 Å². The van der Waals surface area contributed by atoms with Gasteiger partial charge in [-0.1, -0.05) is 29.3 Å². The van der Waals surface area contributed by atoms with Crippen molar-refractivity contribution in [1.29, 1.82) is 0 Å². The molecule has 0 aliphatic carbocycles. The number of nitrogens with zero attached hydrogens (tertiary/aromatic N) is 2. The Balaban J connectivity index is 1.65. The highest BCUT2D eigenvalue weighted by Crippen LogP contribution is 2.22. The molecule has 0 radical (unpaired) electrons. The van der Waals surface area contributed by atoms with Crippen LogP contribution < -0.4 is 5.32 Å². The van der Waals surface area contributed by atoms with Gasteiger partial charge in [-0.15, -0.1) is 0 Å². The predicted octanol–water partition coefficient (Wildman–Crippen LogP) is 2.33. The van der Waals surface area contributed by atoms with Crippen LogP contribution in [0, 0.1) is 0 Å². The average Bonchev–Trinajstić information content (AvgIpc) is 2.41. The van der Waals surface area contributed by atoms with Crippen molar-refractivity contribution in [2.24, 2.45) is 0 Å². The van der Waals surface area contributed by atoms with Crippen molar-refractivity contribution >= 4 is 23.2 Å². The van der Waals surface area contributed by atoms with Crippen LogP contribution in [0.25, 0.3) is 0 Å². The summed E-state index contributed by atoms with van der Waals surface area (Å²) >= 11 is 11.9. The van der Waals surface area contributed by atoms with Crippen LogP contribution in [0.15, 0.2) is 18.2 Å². The Morgan fingerprint density at radius 2 is 1.84 bits per heavy atom. The van der Waals surface area contributed by atoms with Gasteiger partial charge in [-0.3, -0.25) is 4.90 Å². The summed E-state index contributed by atoms with van der Waals surface area (Å²) in [6, 6.07) is 5.78. The van der Waals surface area contributed by atoms with E-state index in [2.05, 4.69) is 22.2 Å². The minimum atomic E-state index is 0.614. The van der Waals surface area contributed by atoms with Gasteiger partial charge >= 0.3 is 0 Å². The Morgan fingerprint density at radius 3 is 2.53 bits per heavy atom. The van der Waals surface area contributed by atoms with Crippen LogP contribution in [-0.4, -0.2) is 56.1 Å². The molecule has 1 aromatic carbocycles. The Morgan fingerprint density at radius 1 is 1.11 bits per heavy atom. The molecule has 0 unspecified atom stereocenters. The molecule has 5 heteroatoms. The lowest BCUT2D eigenvalue weighted by Gasteiger charge is -2.32. The lowest BCUT2D eigenvalue weighted by molar-refractivity contribution is 0.154. The summed E-state index contributed by atoms with van der Waals surface area (Å²) in [6.45, 7) is 7.64. The van der Waals surface area contributed by atoms with Crippen molar-refractivity contribution in [1.82, 2.24) is 15.1 Å². The third-order valence-electron chi connectivity index (χ3n) is 3.51. The van der Waals surface area contributed by atoms with Gasteiger partial charge in [-0.25, -0.2) is 0 Å². The van der Waals surface area contributed by atoms with Crippen molar-refractivity contribution in [3.63, 3.8) is 0 Å². The van der Waals surface area contributed by atoms with E-state index in [0.717, 1.165) is 19.6 Å². The molecular weight excluding hydrogens is 281 g/mol. The Labute approximate surface area is 125 Å². The van der Waals surface area contributed by atoms with E-state index in [1.165, 1.54) is 31.7 Å². The average molecular weight is 302 g/mol.